The second kappa shape index (κ2) is 10.4. The summed E-state index contributed by atoms with van der Waals surface area (Å²) in [6.07, 6.45) is 4.35. The van der Waals surface area contributed by atoms with Crippen molar-refractivity contribution in [3.8, 4) is 11.1 Å². The molecule has 3 aromatic rings. The molecule has 2 amide bonds. The first-order valence-electron chi connectivity index (χ1n) is 9.83. The number of benzene rings is 2. The van der Waals surface area contributed by atoms with Gasteiger partial charge in [-0.1, -0.05) is 42.5 Å². The van der Waals surface area contributed by atoms with Gasteiger partial charge in [0, 0.05) is 18.1 Å². The van der Waals surface area contributed by atoms with Crippen LogP contribution in [-0.2, 0) is 11.2 Å². The van der Waals surface area contributed by atoms with E-state index in [1.54, 1.807) is 12.4 Å². The van der Waals surface area contributed by atoms with Crippen molar-refractivity contribution in [1.82, 2.24) is 10.3 Å². The highest BCUT2D eigenvalue weighted by Gasteiger charge is 2.14. The van der Waals surface area contributed by atoms with Crippen LogP contribution < -0.4 is 10.6 Å². The standard InChI is InChI=1S/C24H27N3O2/c1-18(2)29-17-23(16-19-6-4-3-5-7-19)27-24(28)26-22-10-8-20(9-11-22)21-12-14-25-15-13-21/h3-15,18,23H,16-17H2,1-2H3,(H2,26,27,28). The maximum Gasteiger partial charge on any atom is 0.319 e. The zero-order chi connectivity index (χ0) is 20.5. The number of anilines is 1. The van der Waals surface area contributed by atoms with Gasteiger partial charge in [-0.05, 0) is 61.2 Å². The molecule has 0 aliphatic rings. The van der Waals surface area contributed by atoms with Gasteiger partial charge < -0.3 is 15.4 Å². The van der Waals surface area contributed by atoms with E-state index in [0.29, 0.717) is 13.0 Å². The Morgan fingerprint density at radius 1 is 0.931 bits per heavy atom. The zero-order valence-electron chi connectivity index (χ0n) is 16.8. The minimum absolute atomic E-state index is 0.110. The van der Waals surface area contributed by atoms with E-state index in [0.717, 1.165) is 22.4 Å². The number of hydrogen-bond acceptors (Lipinski definition) is 3. The number of carbonyl (C=O) groups excluding carboxylic acids is 1. The Hall–Kier alpha value is -3.18. The Morgan fingerprint density at radius 2 is 1.59 bits per heavy atom. The molecule has 0 radical (unpaired) electrons. The first kappa shape index (κ1) is 20.6. The van der Waals surface area contributed by atoms with Gasteiger partial charge in [0.1, 0.15) is 0 Å². The number of hydrogen-bond donors (Lipinski definition) is 2. The van der Waals surface area contributed by atoms with E-state index < -0.39 is 0 Å². The van der Waals surface area contributed by atoms with Crippen LogP contribution >= 0.6 is 0 Å². The molecule has 1 atom stereocenters. The van der Waals surface area contributed by atoms with Crippen LogP contribution in [0.2, 0.25) is 0 Å². The Balaban J connectivity index is 1.60. The zero-order valence-corrected chi connectivity index (χ0v) is 16.8. The van der Waals surface area contributed by atoms with Gasteiger partial charge in [0.15, 0.2) is 0 Å². The van der Waals surface area contributed by atoms with E-state index in [4.69, 9.17) is 4.74 Å². The number of aromatic nitrogens is 1. The van der Waals surface area contributed by atoms with Gasteiger partial charge in [-0.15, -0.1) is 0 Å². The third-order valence-corrected chi connectivity index (χ3v) is 4.45. The third-order valence-electron chi connectivity index (χ3n) is 4.45. The first-order valence-corrected chi connectivity index (χ1v) is 9.83. The van der Waals surface area contributed by atoms with Crippen molar-refractivity contribution in [2.24, 2.45) is 0 Å². The predicted molar refractivity (Wildman–Crippen MR) is 117 cm³/mol. The van der Waals surface area contributed by atoms with Crippen LogP contribution in [0.3, 0.4) is 0 Å². The van der Waals surface area contributed by atoms with E-state index >= 15 is 0 Å². The maximum atomic E-state index is 12.5. The number of urea groups is 1. The summed E-state index contributed by atoms with van der Waals surface area (Å²) < 4.78 is 5.74. The van der Waals surface area contributed by atoms with Crippen molar-refractivity contribution in [2.45, 2.75) is 32.4 Å². The normalized spacial score (nSPS) is 11.8. The summed E-state index contributed by atoms with van der Waals surface area (Å²) >= 11 is 0. The number of pyridine rings is 1. The molecule has 0 aliphatic carbocycles. The molecule has 3 rings (SSSR count). The molecule has 0 saturated heterocycles. The highest BCUT2D eigenvalue weighted by molar-refractivity contribution is 5.89. The van der Waals surface area contributed by atoms with Gasteiger partial charge in [-0.2, -0.15) is 0 Å². The molecule has 1 aromatic heterocycles. The Labute approximate surface area is 172 Å². The number of carbonyl (C=O) groups is 1. The highest BCUT2D eigenvalue weighted by Crippen LogP contribution is 2.20. The van der Waals surface area contributed by atoms with Crippen molar-refractivity contribution < 1.29 is 9.53 Å². The number of rotatable bonds is 8. The molecule has 2 aromatic carbocycles. The Morgan fingerprint density at radius 3 is 2.24 bits per heavy atom. The third kappa shape index (κ3) is 6.73. The van der Waals surface area contributed by atoms with Crippen molar-refractivity contribution in [1.29, 1.82) is 0 Å². The average Bonchev–Trinajstić information content (AvgIpc) is 2.74. The van der Waals surface area contributed by atoms with E-state index in [2.05, 4.69) is 27.8 Å². The minimum atomic E-state index is -0.241. The Kier molecular flexibility index (Phi) is 7.36. The van der Waals surface area contributed by atoms with Crippen LogP contribution in [0.4, 0.5) is 10.5 Å². The molecule has 5 nitrogen and oxygen atoms in total. The summed E-state index contributed by atoms with van der Waals surface area (Å²) in [6.45, 7) is 4.44. The van der Waals surface area contributed by atoms with Crippen molar-refractivity contribution in [3.05, 3.63) is 84.7 Å². The summed E-state index contributed by atoms with van der Waals surface area (Å²) in [5.74, 6) is 0. The molecular formula is C24H27N3O2. The minimum Gasteiger partial charge on any atom is -0.377 e. The average molecular weight is 389 g/mol. The number of nitrogens with zero attached hydrogens (tertiary/aromatic N) is 1. The van der Waals surface area contributed by atoms with Gasteiger partial charge in [0.2, 0.25) is 0 Å². The van der Waals surface area contributed by atoms with E-state index in [1.165, 1.54) is 0 Å². The number of amides is 2. The highest BCUT2D eigenvalue weighted by atomic mass is 16.5. The molecular weight excluding hydrogens is 362 g/mol. The monoisotopic (exact) mass is 389 g/mol. The van der Waals surface area contributed by atoms with Gasteiger partial charge in [0.25, 0.3) is 0 Å². The van der Waals surface area contributed by atoms with E-state index in [9.17, 15) is 4.79 Å². The van der Waals surface area contributed by atoms with Gasteiger partial charge in [-0.25, -0.2) is 4.79 Å². The van der Waals surface area contributed by atoms with Crippen LogP contribution in [0.5, 0.6) is 0 Å². The molecule has 2 N–H and O–H groups in total. The lowest BCUT2D eigenvalue weighted by molar-refractivity contribution is 0.0634. The molecule has 1 heterocycles. The fourth-order valence-corrected chi connectivity index (χ4v) is 3.00. The summed E-state index contributed by atoms with van der Waals surface area (Å²) in [7, 11) is 0. The molecule has 0 aliphatic heterocycles. The first-order chi connectivity index (χ1) is 14.1. The topological polar surface area (TPSA) is 63.2 Å². The quantitative estimate of drug-likeness (QED) is 0.576. The lowest BCUT2D eigenvalue weighted by Crippen LogP contribution is -2.42. The molecule has 5 heteroatoms. The van der Waals surface area contributed by atoms with Crippen LogP contribution in [0, 0.1) is 0 Å². The number of ether oxygens (including phenoxy) is 1. The van der Waals surface area contributed by atoms with E-state index in [-0.39, 0.29) is 18.2 Å². The van der Waals surface area contributed by atoms with Crippen molar-refractivity contribution in [2.75, 3.05) is 11.9 Å². The van der Waals surface area contributed by atoms with Crippen molar-refractivity contribution in [3.63, 3.8) is 0 Å². The summed E-state index contributed by atoms with van der Waals surface area (Å²) in [6, 6.07) is 21.4. The second-order valence-electron chi connectivity index (χ2n) is 7.18. The second-order valence-corrected chi connectivity index (χ2v) is 7.18. The molecule has 0 fully saturated rings. The number of nitrogens with one attached hydrogen (secondary N) is 2. The smallest absolute Gasteiger partial charge is 0.319 e. The Bertz CT molecular complexity index is 881. The molecule has 0 bridgehead atoms. The van der Waals surface area contributed by atoms with Crippen LogP contribution in [0.15, 0.2) is 79.1 Å². The molecule has 150 valence electrons. The van der Waals surface area contributed by atoms with Gasteiger partial charge >= 0.3 is 6.03 Å². The maximum absolute atomic E-state index is 12.5. The lowest BCUT2D eigenvalue weighted by Gasteiger charge is -2.21. The summed E-state index contributed by atoms with van der Waals surface area (Å²) in [5.41, 5.74) is 4.06. The predicted octanol–water partition coefficient (Wildman–Crippen LogP) is 4.91. The van der Waals surface area contributed by atoms with Crippen LogP contribution in [-0.4, -0.2) is 29.8 Å². The largest absolute Gasteiger partial charge is 0.377 e. The SMILES string of the molecule is CC(C)OCC(Cc1ccccc1)NC(=O)Nc1ccc(-c2ccncc2)cc1. The molecule has 0 spiro atoms. The van der Waals surface area contributed by atoms with Gasteiger partial charge in [0.05, 0.1) is 18.8 Å². The molecule has 1 unspecified atom stereocenters. The fourth-order valence-electron chi connectivity index (χ4n) is 3.00. The molecule has 0 saturated carbocycles. The van der Waals surface area contributed by atoms with Crippen LogP contribution in [0.1, 0.15) is 19.4 Å². The summed E-state index contributed by atoms with van der Waals surface area (Å²) in [5, 5.41) is 5.94. The van der Waals surface area contributed by atoms with Crippen LogP contribution in [0.25, 0.3) is 11.1 Å². The summed E-state index contributed by atoms with van der Waals surface area (Å²) in [4.78, 5) is 16.6. The van der Waals surface area contributed by atoms with E-state index in [1.807, 2.05) is 68.4 Å². The lowest BCUT2D eigenvalue weighted by atomic mass is 10.1. The van der Waals surface area contributed by atoms with Crippen molar-refractivity contribution >= 4 is 11.7 Å². The fraction of sp³-hybridized carbons (Fsp3) is 0.250. The van der Waals surface area contributed by atoms with Gasteiger partial charge in [-0.3, -0.25) is 4.98 Å². The molecule has 29 heavy (non-hydrogen) atoms.